The van der Waals surface area contributed by atoms with Crippen molar-refractivity contribution in [1.82, 2.24) is 9.80 Å². The summed E-state index contributed by atoms with van der Waals surface area (Å²) in [5.41, 5.74) is 0.736. The van der Waals surface area contributed by atoms with Crippen molar-refractivity contribution in [2.24, 2.45) is 5.92 Å². The lowest BCUT2D eigenvalue weighted by molar-refractivity contribution is -0.139. The quantitative estimate of drug-likeness (QED) is 0.823. The molecule has 7 nitrogen and oxygen atoms in total. The van der Waals surface area contributed by atoms with Crippen molar-refractivity contribution >= 4 is 11.8 Å². The van der Waals surface area contributed by atoms with E-state index in [4.69, 9.17) is 9.47 Å². The van der Waals surface area contributed by atoms with E-state index < -0.39 is 6.10 Å². The zero-order valence-electron chi connectivity index (χ0n) is 15.9. The molecule has 1 fully saturated rings. The van der Waals surface area contributed by atoms with Crippen LogP contribution >= 0.6 is 0 Å². The largest absolute Gasteiger partial charge is 0.496 e. The second-order valence-electron chi connectivity index (χ2n) is 6.94. The number of β-amino-alcohol motifs (C(OH)–C–C–N with tert-alkyl or cyclic N) is 1. The third-order valence-corrected chi connectivity index (χ3v) is 4.36. The number of aliphatic hydroxyl groups is 1. The van der Waals surface area contributed by atoms with E-state index in [0.29, 0.717) is 17.9 Å². The minimum Gasteiger partial charge on any atom is -0.496 e. The summed E-state index contributed by atoms with van der Waals surface area (Å²) >= 11 is 0. The van der Waals surface area contributed by atoms with Crippen molar-refractivity contribution in [3.05, 3.63) is 23.8 Å². The van der Waals surface area contributed by atoms with Gasteiger partial charge in [0.15, 0.2) is 0 Å². The first kappa shape index (κ1) is 20.0. The summed E-state index contributed by atoms with van der Waals surface area (Å²) in [5, 5.41) is 10.3. The first-order valence-corrected chi connectivity index (χ1v) is 8.79. The van der Waals surface area contributed by atoms with Gasteiger partial charge in [-0.1, -0.05) is 19.9 Å². The molecule has 2 rings (SSSR count). The fourth-order valence-electron chi connectivity index (χ4n) is 3.09. The Kier molecular flexibility index (Phi) is 6.85. The maximum absolute atomic E-state index is 12.7. The minimum absolute atomic E-state index is 0.0277. The molecule has 2 amide bonds. The number of carbonyl (C=O) groups excluding carboxylic acids is 2. The molecule has 7 heteroatoms. The van der Waals surface area contributed by atoms with Crippen LogP contribution in [0.5, 0.6) is 11.5 Å². The van der Waals surface area contributed by atoms with E-state index in [2.05, 4.69) is 0 Å². The maximum Gasteiger partial charge on any atom is 0.242 e. The van der Waals surface area contributed by atoms with E-state index in [1.54, 1.807) is 31.3 Å². The van der Waals surface area contributed by atoms with Crippen LogP contribution in [-0.2, 0) is 16.1 Å². The van der Waals surface area contributed by atoms with E-state index in [1.165, 1.54) is 4.90 Å². The number of aliphatic hydroxyl groups excluding tert-OH is 1. The zero-order chi connectivity index (χ0) is 19.3. The first-order valence-electron chi connectivity index (χ1n) is 8.79. The molecule has 0 spiro atoms. The van der Waals surface area contributed by atoms with Gasteiger partial charge in [-0.15, -0.1) is 0 Å². The van der Waals surface area contributed by atoms with Crippen LogP contribution < -0.4 is 9.47 Å². The SMILES string of the molecule is COc1cccc(OC)c1CN1CC(O)CN(C(=O)CC(C)C)CC1=O. The Morgan fingerprint density at radius 3 is 2.38 bits per heavy atom. The molecule has 1 N–H and O–H groups in total. The van der Waals surface area contributed by atoms with Gasteiger partial charge in [-0.2, -0.15) is 0 Å². The Morgan fingerprint density at radius 1 is 1.23 bits per heavy atom. The van der Waals surface area contributed by atoms with Crippen LogP contribution in [0.15, 0.2) is 18.2 Å². The number of nitrogens with zero attached hydrogens (tertiary/aromatic N) is 2. The minimum atomic E-state index is -0.793. The summed E-state index contributed by atoms with van der Waals surface area (Å²) in [7, 11) is 3.12. The third-order valence-electron chi connectivity index (χ3n) is 4.36. The molecule has 144 valence electrons. The number of amides is 2. The average molecular weight is 364 g/mol. The zero-order valence-corrected chi connectivity index (χ0v) is 15.9. The van der Waals surface area contributed by atoms with Gasteiger partial charge >= 0.3 is 0 Å². The Balaban J connectivity index is 2.19. The molecule has 1 unspecified atom stereocenters. The lowest BCUT2D eigenvalue weighted by Gasteiger charge is -2.24. The van der Waals surface area contributed by atoms with E-state index in [9.17, 15) is 14.7 Å². The van der Waals surface area contributed by atoms with Crippen LogP contribution in [0, 0.1) is 5.92 Å². The average Bonchev–Trinajstić information content (AvgIpc) is 2.73. The highest BCUT2D eigenvalue weighted by molar-refractivity contribution is 5.85. The molecule has 0 saturated carbocycles. The van der Waals surface area contributed by atoms with Crippen molar-refractivity contribution in [2.75, 3.05) is 33.9 Å². The van der Waals surface area contributed by atoms with E-state index in [1.807, 2.05) is 19.9 Å². The summed E-state index contributed by atoms with van der Waals surface area (Å²) in [5.74, 6) is 1.12. The van der Waals surface area contributed by atoms with Gasteiger partial charge in [0.2, 0.25) is 11.8 Å². The van der Waals surface area contributed by atoms with Crippen molar-refractivity contribution in [2.45, 2.75) is 32.9 Å². The van der Waals surface area contributed by atoms with Crippen LogP contribution in [0.1, 0.15) is 25.8 Å². The highest BCUT2D eigenvalue weighted by Gasteiger charge is 2.30. The predicted octanol–water partition coefficient (Wildman–Crippen LogP) is 1.28. The Morgan fingerprint density at radius 2 is 1.85 bits per heavy atom. The highest BCUT2D eigenvalue weighted by atomic mass is 16.5. The summed E-state index contributed by atoms with van der Waals surface area (Å²) < 4.78 is 10.8. The topological polar surface area (TPSA) is 79.3 Å². The molecule has 0 aromatic heterocycles. The second-order valence-corrected chi connectivity index (χ2v) is 6.94. The van der Waals surface area contributed by atoms with Gasteiger partial charge in [-0.3, -0.25) is 9.59 Å². The second kappa shape index (κ2) is 8.89. The van der Waals surface area contributed by atoms with Gasteiger partial charge in [0.1, 0.15) is 11.5 Å². The van der Waals surface area contributed by atoms with Crippen LogP contribution in [0.25, 0.3) is 0 Å². The molecule has 1 aliphatic rings. The van der Waals surface area contributed by atoms with Gasteiger partial charge in [-0.05, 0) is 18.1 Å². The number of ether oxygens (including phenoxy) is 2. The molecule has 1 atom stereocenters. The number of rotatable bonds is 6. The molecule has 1 heterocycles. The van der Waals surface area contributed by atoms with E-state index in [-0.39, 0.29) is 43.9 Å². The standard InChI is InChI=1S/C19H28N2O5/c1-13(2)8-18(23)21-10-14(22)9-20(19(24)12-21)11-15-16(25-3)6-5-7-17(15)26-4/h5-7,13-14,22H,8-12H2,1-4H3. The van der Waals surface area contributed by atoms with E-state index in [0.717, 1.165) is 5.56 Å². The normalized spacial score (nSPS) is 18.1. The van der Waals surface area contributed by atoms with Crippen LogP contribution in [-0.4, -0.2) is 66.7 Å². The fourth-order valence-corrected chi connectivity index (χ4v) is 3.09. The highest BCUT2D eigenvalue weighted by Crippen LogP contribution is 2.30. The third kappa shape index (κ3) is 4.88. The predicted molar refractivity (Wildman–Crippen MR) is 97.0 cm³/mol. The van der Waals surface area contributed by atoms with Gasteiger partial charge in [0.05, 0.1) is 39.0 Å². The first-order chi connectivity index (χ1) is 12.3. The summed E-state index contributed by atoms with van der Waals surface area (Å²) in [6.07, 6.45) is -0.432. The molecular formula is C19H28N2O5. The van der Waals surface area contributed by atoms with Crippen molar-refractivity contribution < 1.29 is 24.2 Å². The van der Waals surface area contributed by atoms with Crippen molar-refractivity contribution in [3.63, 3.8) is 0 Å². The van der Waals surface area contributed by atoms with E-state index >= 15 is 0 Å². The Bertz CT molecular complexity index is 625. The fraction of sp³-hybridized carbons (Fsp3) is 0.579. The van der Waals surface area contributed by atoms with Crippen molar-refractivity contribution in [1.29, 1.82) is 0 Å². The number of carbonyl (C=O) groups is 2. The molecule has 1 aliphatic heterocycles. The molecule has 1 saturated heterocycles. The summed E-state index contributed by atoms with van der Waals surface area (Å²) in [6.45, 7) is 4.44. The lowest BCUT2D eigenvalue weighted by Crippen LogP contribution is -2.39. The summed E-state index contributed by atoms with van der Waals surface area (Å²) in [6, 6.07) is 5.41. The smallest absolute Gasteiger partial charge is 0.242 e. The molecule has 0 radical (unpaired) electrons. The molecular weight excluding hydrogens is 336 g/mol. The molecule has 0 bridgehead atoms. The molecule has 26 heavy (non-hydrogen) atoms. The number of hydrogen-bond donors (Lipinski definition) is 1. The number of methoxy groups -OCH3 is 2. The molecule has 1 aromatic carbocycles. The number of benzene rings is 1. The lowest BCUT2D eigenvalue weighted by atomic mass is 10.1. The monoisotopic (exact) mass is 364 g/mol. The maximum atomic E-state index is 12.7. The molecule has 1 aromatic rings. The van der Waals surface area contributed by atoms with Gasteiger partial charge < -0.3 is 24.4 Å². The van der Waals surface area contributed by atoms with Gasteiger partial charge in [0, 0.05) is 19.5 Å². The van der Waals surface area contributed by atoms with Gasteiger partial charge in [-0.25, -0.2) is 0 Å². The Labute approximate surface area is 154 Å². The van der Waals surface area contributed by atoms with Gasteiger partial charge in [0.25, 0.3) is 0 Å². The van der Waals surface area contributed by atoms with Crippen LogP contribution in [0.3, 0.4) is 0 Å². The van der Waals surface area contributed by atoms with Crippen molar-refractivity contribution in [3.8, 4) is 11.5 Å². The van der Waals surface area contributed by atoms with Crippen LogP contribution in [0.4, 0.5) is 0 Å². The van der Waals surface area contributed by atoms with Crippen LogP contribution in [0.2, 0.25) is 0 Å². The number of hydrogen-bond acceptors (Lipinski definition) is 5. The summed E-state index contributed by atoms with van der Waals surface area (Å²) in [4.78, 5) is 28.0. The molecule has 0 aliphatic carbocycles. The Hall–Kier alpha value is -2.28.